The second-order valence-corrected chi connectivity index (χ2v) is 0. The van der Waals surface area contributed by atoms with Crippen molar-refractivity contribution in [1.29, 1.82) is 0 Å². The minimum absolute atomic E-state index is 0. The Balaban J connectivity index is -0.00000000500. The van der Waals surface area contributed by atoms with Gasteiger partial charge in [-0.15, -0.1) is 0 Å². The van der Waals surface area contributed by atoms with Crippen molar-refractivity contribution in [3.8, 4) is 0 Å². The van der Waals surface area contributed by atoms with Gasteiger partial charge in [-0.3, -0.25) is 0 Å². The largest absolute Gasteiger partial charge is 0 e. The van der Waals surface area contributed by atoms with Crippen molar-refractivity contribution >= 4 is 0 Å². The summed E-state index contributed by atoms with van der Waals surface area (Å²) in [5.74, 6) is 0. The van der Waals surface area contributed by atoms with Gasteiger partial charge in [-0.05, 0) is 0 Å². The Hall–Kier alpha value is 2.02. The average molecular weight is 220 g/mol. The van der Waals surface area contributed by atoms with E-state index in [-0.39, 0.29) is 45.7 Å². The molecule has 0 amide bonds. The van der Waals surface area contributed by atoms with Crippen LogP contribution in [0.4, 0.5) is 0 Å². The average Bonchev–Trinajstić information content (AvgIpc) is 1.00. The van der Waals surface area contributed by atoms with Crippen LogP contribution in [0.3, 0.4) is 0 Å². The van der Waals surface area contributed by atoms with Gasteiger partial charge in [-0.25, -0.2) is 0 Å². The Bertz CT molecular complexity index is 8.00. The van der Waals surface area contributed by atoms with Gasteiger partial charge in [0.2, 0.25) is 0 Å². The maximum atomic E-state index is 8.25. The summed E-state index contributed by atoms with van der Waals surface area (Å²) in [6.45, 7) is 0. The SMILES string of the molecule is [O]=[Ti].[Zn].[Zr]. The van der Waals surface area contributed by atoms with E-state index in [0.29, 0.717) is 0 Å². The maximum absolute atomic E-state index is 8.25. The monoisotopic (exact) mass is 218 g/mol. The summed E-state index contributed by atoms with van der Waals surface area (Å²) in [6.07, 6.45) is 0. The van der Waals surface area contributed by atoms with Crippen molar-refractivity contribution in [3.63, 3.8) is 0 Å². The van der Waals surface area contributed by atoms with Crippen molar-refractivity contribution in [3.05, 3.63) is 0 Å². The molecular formula is OTiZnZr. The minimum atomic E-state index is 0. The predicted octanol–water partition coefficient (Wildman–Crippen LogP) is -0.126. The second-order valence-electron chi connectivity index (χ2n) is 0. The van der Waals surface area contributed by atoms with Crippen molar-refractivity contribution < 1.29 is 69.4 Å². The smallest absolute Gasteiger partial charge is 0 e. The van der Waals surface area contributed by atoms with Crippen molar-refractivity contribution in [2.45, 2.75) is 0 Å². The molecule has 0 aliphatic carbocycles. The Morgan fingerprint density at radius 1 is 1.25 bits per heavy atom. The Kier molecular flexibility index (Phi) is 82.7. The van der Waals surface area contributed by atoms with Gasteiger partial charge in [0.25, 0.3) is 0 Å². The molecule has 0 aliphatic rings. The zero-order valence-electron chi connectivity index (χ0n) is 2.12. The van der Waals surface area contributed by atoms with E-state index in [1.54, 1.807) is 0 Å². The van der Waals surface area contributed by atoms with Crippen LogP contribution in [0.1, 0.15) is 0 Å². The van der Waals surface area contributed by atoms with Crippen molar-refractivity contribution in [2.75, 3.05) is 0 Å². The van der Waals surface area contributed by atoms with Gasteiger partial charge in [-0.1, -0.05) is 0 Å². The summed E-state index contributed by atoms with van der Waals surface area (Å²) in [4.78, 5) is 0. The molecule has 4 heteroatoms. The molecule has 0 aliphatic heterocycles. The number of hydrogen-bond acceptors (Lipinski definition) is 1. The maximum Gasteiger partial charge on any atom is 0 e. The Morgan fingerprint density at radius 2 is 1.25 bits per heavy atom. The zero-order valence-corrected chi connectivity index (χ0v) is 9.10. The first-order valence-electron chi connectivity index (χ1n) is 0.204. The van der Waals surface area contributed by atoms with E-state index >= 15 is 0 Å². The third-order valence-corrected chi connectivity index (χ3v) is 0. The quantitative estimate of drug-likeness (QED) is 0.520. The van der Waals surface area contributed by atoms with Crippen LogP contribution in [0.2, 0.25) is 0 Å². The van der Waals surface area contributed by atoms with Crippen LogP contribution in [0.15, 0.2) is 0 Å². The predicted molar refractivity (Wildman–Crippen MR) is 0.686 cm³/mol. The molecule has 1 nitrogen and oxygen atoms in total. The summed E-state index contributed by atoms with van der Waals surface area (Å²) in [6, 6.07) is 0. The van der Waals surface area contributed by atoms with E-state index in [1.807, 2.05) is 0 Å². The molecule has 0 saturated heterocycles. The summed E-state index contributed by atoms with van der Waals surface area (Å²) in [5, 5.41) is 0. The molecule has 0 aromatic rings. The Labute approximate surface area is 68.5 Å². The number of hydrogen-bond donors (Lipinski definition) is 0. The van der Waals surface area contributed by atoms with Gasteiger partial charge in [-0.2, -0.15) is 0 Å². The molecule has 0 heterocycles. The van der Waals surface area contributed by atoms with Crippen LogP contribution in [0.25, 0.3) is 0 Å². The molecule has 0 unspecified atom stereocenters. The molecule has 0 rings (SSSR count). The molecule has 4 heavy (non-hydrogen) atoms. The van der Waals surface area contributed by atoms with E-state index in [2.05, 4.69) is 0 Å². The molecule has 0 bridgehead atoms. The summed E-state index contributed by atoms with van der Waals surface area (Å²) >= 11 is 0.750. The van der Waals surface area contributed by atoms with Gasteiger partial charge in [0.15, 0.2) is 0 Å². The third kappa shape index (κ3) is 8.98. The van der Waals surface area contributed by atoms with E-state index in [9.17, 15) is 0 Å². The Morgan fingerprint density at radius 3 is 1.25 bits per heavy atom. The van der Waals surface area contributed by atoms with Crippen molar-refractivity contribution in [2.24, 2.45) is 0 Å². The van der Waals surface area contributed by atoms with Crippen molar-refractivity contribution in [1.82, 2.24) is 0 Å². The van der Waals surface area contributed by atoms with Crippen LogP contribution in [-0.2, 0) is 69.4 Å². The van der Waals surface area contributed by atoms with E-state index < -0.39 is 0 Å². The second kappa shape index (κ2) is 19.9. The summed E-state index contributed by atoms with van der Waals surface area (Å²) in [7, 11) is 0. The summed E-state index contributed by atoms with van der Waals surface area (Å²) < 4.78 is 8.25. The van der Waals surface area contributed by atoms with Crippen LogP contribution in [-0.4, -0.2) is 0 Å². The first kappa shape index (κ1) is 16.6. The third-order valence-electron chi connectivity index (χ3n) is 0. The van der Waals surface area contributed by atoms with Crippen LogP contribution < -0.4 is 0 Å². The fourth-order valence-corrected chi connectivity index (χ4v) is 0. The number of rotatable bonds is 0. The summed E-state index contributed by atoms with van der Waals surface area (Å²) in [5.41, 5.74) is 0. The molecule has 0 fully saturated rings. The molecule has 0 radical (unpaired) electrons. The molecule has 0 N–H and O–H groups in total. The minimum Gasteiger partial charge on any atom is 0 e. The zero-order chi connectivity index (χ0) is 2.00. The van der Waals surface area contributed by atoms with Gasteiger partial charge >= 0.3 is 23.7 Å². The molecule has 0 saturated carbocycles. The first-order chi connectivity index (χ1) is 1.00. The molecular weight excluding hydrogens is 220 g/mol. The van der Waals surface area contributed by atoms with E-state index in [4.69, 9.17) is 3.32 Å². The van der Waals surface area contributed by atoms with Gasteiger partial charge < -0.3 is 0 Å². The standard InChI is InChI=1S/O.Ti.Zn.Zr. The van der Waals surface area contributed by atoms with Gasteiger partial charge in [0.1, 0.15) is 0 Å². The molecule has 0 aromatic heterocycles. The molecule has 0 aromatic carbocycles. The molecule has 0 spiro atoms. The first-order valence-corrected chi connectivity index (χ1v) is 0.842. The van der Waals surface area contributed by atoms with Crippen LogP contribution in [0, 0.1) is 0 Å². The van der Waals surface area contributed by atoms with E-state index in [0.717, 1.165) is 20.4 Å². The topological polar surface area (TPSA) is 17.1 Å². The van der Waals surface area contributed by atoms with Gasteiger partial charge in [0, 0.05) is 45.7 Å². The fourth-order valence-electron chi connectivity index (χ4n) is 0. The van der Waals surface area contributed by atoms with Crippen LogP contribution in [0.5, 0.6) is 0 Å². The van der Waals surface area contributed by atoms with Crippen LogP contribution >= 0.6 is 0 Å². The normalized spacial score (nSPS) is 0.750. The van der Waals surface area contributed by atoms with E-state index in [1.165, 1.54) is 0 Å². The molecule has 0 atom stereocenters. The van der Waals surface area contributed by atoms with Gasteiger partial charge in [0.05, 0.1) is 0 Å². The molecule has 16 valence electrons. The fraction of sp³-hybridized carbons (Fsp3) is 0.